The van der Waals surface area contributed by atoms with Crippen LogP contribution in [0.5, 0.6) is 11.5 Å². The topological polar surface area (TPSA) is 35.9 Å². The van der Waals surface area contributed by atoms with Gasteiger partial charge in [0.15, 0.2) is 8.07 Å². The SMILES string of the molecule is [2H]c1c([2H])c([2H])c(-c2c([2H])c(-c3cccc(-c4c([2H])c([2H])c([2H])c([Si](c5c([2H])c([2H])c([2H])c([2H])c5[2H])(c5c([2H])c([2H])c([2H])c([2H])c5[2H])c5c([2H])c([2H])c([2H])c([2H])c5[2H])c4[2H])c3-[n+]3[c-]n(-c4[c-]c(Oc5[c-]c6c(cc5)c5ccccc5n6-c5cc(C(C)(C)C)ccn5)ccc4)c4cc(-c5c(C([2H])([2H])[2H])cccc5C([2H])([2H])[2H])ccc43)c([2H])c(-c3c([2H])c([2H])c([2H])c([2H])c3[2H])c2[2H])c([2H])c1[2H].[Pt]. The predicted molar refractivity (Wildman–Crippen MR) is 399 cm³/mol. The number of pyridine rings is 1. The molecule has 97 heavy (non-hydrogen) atoms. The smallest absolute Gasteiger partial charge is 0.268 e. The largest absolute Gasteiger partial charge is 0.510 e. The molecule has 0 bridgehead atoms. The molecule has 0 amide bonds. The van der Waals surface area contributed by atoms with Gasteiger partial charge in [-0.25, -0.2) is 4.98 Å². The molecule has 16 rings (SSSR count). The van der Waals surface area contributed by atoms with Crippen LogP contribution in [-0.2, 0) is 26.5 Å². The van der Waals surface area contributed by atoms with Crippen LogP contribution in [0.2, 0.25) is 0 Å². The Hall–Kier alpha value is -11.0. The first-order valence-electron chi connectivity index (χ1n) is 48.8. The van der Waals surface area contributed by atoms with Crippen LogP contribution in [0.4, 0.5) is 0 Å². The molecule has 0 unspecified atom stereocenters. The van der Waals surface area contributed by atoms with Crippen LogP contribution in [0.1, 0.15) is 89.6 Å². The fraction of sp³-hybridized carbons (Fsp3) is 0.0667. The third-order valence-corrected chi connectivity index (χ3v) is 20.3. The zero-order valence-electron chi connectivity index (χ0n) is 89.1. The number of imidazole rings is 1. The molecule has 0 saturated carbocycles. The third kappa shape index (κ3) is 11.5. The molecule has 0 spiro atoms. The summed E-state index contributed by atoms with van der Waals surface area (Å²) < 4.78 is 372. The molecule has 3 heterocycles. The number of aryl methyl sites for hydroxylation is 2. The number of para-hydroxylation sites is 2. The van der Waals surface area contributed by atoms with Gasteiger partial charge < -0.3 is 13.9 Å². The first kappa shape index (κ1) is 32.6. The maximum absolute atomic E-state index is 11.3. The predicted octanol–water partition coefficient (Wildman–Crippen LogP) is 19.2. The van der Waals surface area contributed by atoms with E-state index < -0.39 is 297 Å². The Morgan fingerprint density at radius 2 is 1.04 bits per heavy atom. The summed E-state index contributed by atoms with van der Waals surface area (Å²) >= 11 is 0. The maximum Gasteiger partial charge on any atom is 0.268 e. The van der Waals surface area contributed by atoms with Gasteiger partial charge in [-0.15, -0.1) is 29.7 Å². The summed E-state index contributed by atoms with van der Waals surface area (Å²) in [5, 5.41) is -3.42. The number of nitrogens with zero attached hydrogens (tertiary/aromatic N) is 4. The third-order valence-electron chi connectivity index (χ3n) is 16.3. The molecule has 7 heteroatoms. The molecule has 0 radical (unpaired) electrons. The molecule has 0 saturated heterocycles. The number of fused-ring (bicyclic) bond motifs is 4. The van der Waals surface area contributed by atoms with E-state index in [1.807, 2.05) is 47.0 Å². The molecular weight excluding hydrogens is 1380 g/mol. The minimum Gasteiger partial charge on any atom is -0.510 e. The number of rotatable bonds is 14. The Bertz CT molecular complexity index is 7410. The quantitative estimate of drug-likeness (QED) is 0.0471. The van der Waals surface area contributed by atoms with E-state index in [4.69, 9.17) is 30.3 Å². The fourth-order valence-electron chi connectivity index (χ4n) is 11.9. The first-order chi connectivity index (χ1) is 62.8. The van der Waals surface area contributed by atoms with Gasteiger partial charge in [0.1, 0.15) is 5.82 Å². The zero-order valence-corrected chi connectivity index (χ0v) is 54.4. The molecule has 0 fully saturated rings. The van der Waals surface area contributed by atoms with E-state index in [1.165, 1.54) is 59.2 Å². The second kappa shape index (κ2) is 26.0. The molecule has 13 aromatic carbocycles. The van der Waals surface area contributed by atoms with Gasteiger partial charge in [0.05, 0.1) is 60.6 Å². The second-order valence-corrected chi connectivity index (χ2v) is 26.5. The van der Waals surface area contributed by atoms with Crippen molar-refractivity contribution in [2.75, 3.05) is 0 Å². The summed E-state index contributed by atoms with van der Waals surface area (Å²) in [6, 6.07) is -1.89. The Balaban J connectivity index is 0.0000139. The van der Waals surface area contributed by atoms with Crippen molar-refractivity contribution in [3.05, 3.63) is 356 Å². The van der Waals surface area contributed by atoms with E-state index in [-0.39, 0.29) is 65.8 Å². The van der Waals surface area contributed by atoms with Gasteiger partial charge in [-0.3, -0.25) is 4.57 Å². The van der Waals surface area contributed by atoms with Crippen molar-refractivity contribution in [3.8, 4) is 84.3 Å². The summed E-state index contributed by atoms with van der Waals surface area (Å²) in [5.41, 5.74) is -7.88. The fourth-order valence-corrected chi connectivity index (χ4v) is 15.5. The van der Waals surface area contributed by atoms with Crippen LogP contribution in [0.15, 0.2) is 321 Å². The normalized spacial score (nSPS) is 17.5. The van der Waals surface area contributed by atoms with Crippen molar-refractivity contribution in [1.82, 2.24) is 14.1 Å². The van der Waals surface area contributed by atoms with Gasteiger partial charge in [0, 0.05) is 52.5 Å². The number of benzene rings is 13. The number of hydrogen-bond acceptors (Lipinski definition) is 2. The first-order valence-corrected chi connectivity index (χ1v) is 31.8. The minimum atomic E-state index is -6.74. The second-order valence-electron chi connectivity index (χ2n) is 23.0. The van der Waals surface area contributed by atoms with Crippen molar-refractivity contribution in [2.24, 2.45) is 0 Å². The number of hydrogen-bond donors (Lipinski definition) is 0. The molecule has 5 nitrogen and oxygen atoms in total. The van der Waals surface area contributed by atoms with Crippen LogP contribution >= 0.6 is 0 Å². The van der Waals surface area contributed by atoms with Crippen molar-refractivity contribution in [3.63, 3.8) is 0 Å². The van der Waals surface area contributed by atoms with Gasteiger partial charge in [0.2, 0.25) is 0 Å². The maximum atomic E-state index is 11.3. The average molecular weight is 1480 g/mol. The van der Waals surface area contributed by atoms with Crippen molar-refractivity contribution < 1.29 is 82.5 Å². The summed E-state index contributed by atoms with van der Waals surface area (Å²) in [4.78, 5) is 4.81. The van der Waals surface area contributed by atoms with E-state index >= 15 is 0 Å². The molecule has 0 aliphatic rings. The van der Waals surface area contributed by atoms with E-state index in [2.05, 4.69) is 39.2 Å². The molecule has 470 valence electrons. The Labute approximate surface area is 636 Å². The van der Waals surface area contributed by atoms with E-state index in [9.17, 15) is 31.5 Å². The molecule has 16 aromatic rings. The monoisotopic (exact) mass is 1480 g/mol. The molecule has 3 aromatic heterocycles. The van der Waals surface area contributed by atoms with Crippen molar-refractivity contribution >= 4 is 61.7 Å². The Morgan fingerprint density at radius 3 is 1.68 bits per heavy atom. The van der Waals surface area contributed by atoms with Gasteiger partial charge in [-0.05, 0) is 166 Å². The molecule has 0 N–H and O–H groups in total. The summed E-state index contributed by atoms with van der Waals surface area (Å²) in [6.07, 6.45) is 4.95. The van der Waals surface area contributed by atoms with Crippen LogP contribution < -0.4 is 30.1 Å². The molecular formula is C90H68N4OPtSi-2. The average Bonchev–Trinajstić information content (AvgIpc) is 0.879. The van der Waals surface area contributed by atoms with Crippen LogP contribution in [-0.4, -0.2) is 22.2 Å². The summed E-state index contributed by atoms with van der Waals surface area (Å²) in [5.74, 6) is 0.561. The zero-order chi connectivity index (χ0) is 97.8. The summed E-state index contributed by atoms with van der Waals surface area (Å²) in [7, 11) is -6.74. The Kier molecular flexibility index (Phi) is 8.73. The Morgan fingerprint density at radius 1 is 0.474 bits per heavy atom. The number of ether oxygens (including phenoxy) is 1. The van der Waals surface area contributed by atoms with Crippen LogP contribution in [0.3, 0.4) is 0 Å². The molecule has 0 aliphatic heterocycles. The van der Waals surface area contributed by atoms with Crippen molar-refractivity contribution in [1.29, 1.82) is 0 Å². The minimum absolute atomic E-state index is 0. The standard InChI is InChI=1S/C90H68N4OSi.Pt/c1-62-27-23-28-63(2)88(62)67-47-50-84-86(57-67)92(72-34-25-35-73(59-72)95-74-48-49-82-81-43-21-22-46-83(81)94(85(82)60-74)87-58-71(51-52-91-87)90(3,4)5)61-93(84)89-79(44-26-45-80(89)70-54-68(64-29-11-6-12-30-64)53-69(55-70)65-31-13-7-14-32-65)66-33-24-42-78(56-66)96(75-36-15-8-16-37-75,76-38-17-9-18-39-76)77-40-19-10-20-41-77;/h6-58H,1-5H3;/q-2;/i1D3,2D3,6D,7D,8D,9D,10D,11D,12D,13D,14D,15D,16D,17D,18D,19D,20D,24D,29D,30D,31D,32D,33D,36D,37D,38D,39D,40D,41D,42D,53D,54D,55D,56D;. The van der Waals surface area contributed by atoms with Gasteiger partial charge in [-0.2, -0.15) is 18.2 Å². The number of aromatic nitrogens is 4. The van der Waals surface area contributed by atoms with Gasteiger partial charge in [-0.1, -0.05) is 268 Å². The van der Waals surface area contributed by atoms with Gasteiger partial charge >= 0.3 is 0 Å². The van der Waals surface area contributed by atoms with E-state index in [1.54, 1.807) is 12.3 Å². The van der Waals surface area contributed by atoms with E-state index in [0.717, 1.165) is 44.6 Å². The summed E-state index contributed by atoms with van der Waals surface area (Å²) in [6.45, 7) is 0.0138. The van der Waals surface area contributed by atoms with Crippen LogP contribution in [0, 0.1) is 32.2 Å². The molecule has 0 atom stereocenters. The van der Waals surface area contributed by atoms with E-state index in [0.29, 0.717) is 11.3 Å². The van der Waals surface area contributed by atoms with Crippen molar-refractivity contribution in [2.45, 2.75) is 39.9 Å². The van der Waals surface area contributed by atoms with Gasteiger partial charge in [0.25, 0.3) is 6.33 Å². The van der Waals surface area contributed by atoms with Crippen LogP contribution in [0.25, 0.3) is 106 Å². The molecule has 0 aliphatic carbocycles.